The third-order valence-electron chi connectivity index (χ3n) is 3.26. The van der Waals surface area contributed by atoms with Crippen molar-refractivity contribution in [2.75, 3.05) is 14.2 Å². The average molecular weight is 314 g/mol. The Kier molecular flexibility index (Phi) is 5.19. The molecule has 6 nitrogen and oxygen atoms in total. The normalized spacial score (nSPS) is 9.87. The summed E-state index contributed by atoms with van der Waals surface area (Å²) in [6, 6.07) is 11.8. The Bertz CT molecular complexity index is 711. The van der Waals surface area contributed by atoms with Gasteiger partial charge in [0.1, 0.15) is 11.5 Å². The van der Waals surface area contributed by atoms with Crippen LogP contribution in [-0.2, 0) is 0 Å². The van der Waals surface area contributed by atoms with Crippen molar-refractivity contribution in [2.24, 2.45) is 0 Å². The molecule has 2 N–H and O–H groups in total. The summed E-state index contributed by atoms with van der Waals surface area (Å²) in [7, 11) is 2.98. The summed E-state index contributed by atoms with van der Waals surface area (Å²) < 4.78 is 10.2. The number of hydrogen-bond donors (Lipinski definition) is 2. The fourth-order valence-electron chi connectivity index (χ4n) is 1.94. The molecule has 0 bridgehead atoms. The van der Waals surface area contributed by atoms with E-state index in [-0.39, 0.29) is 5.56 Å². The first-order valence-electron chi connectivity index (χ1n) is 6.94. The van der Waals surface area contributed by atoms with Gasteiger partial charge in [0, 0.05) is 11.6 Å². The minimum absolute atomic E-state index is 0.289. The quantitative estimate of drug-likeness (QED) is 0.847. The molecule has 0 aliphatic rings. The van der Waals surface area contributed by atoms with Gasteiger partial charge in [-0.1, -0.05) is 17.7 Å². The third kappa shape index (κ3) is 4.00. The van der Waals surface area contributed by atoms with Crippen LogP contribution in [0.1, 0.15) is 26.3 Å². The summed E-state index contributed by atoms with van der Waals surface area (Å²) in [6.07, 6.45) is 0. The van der Waals surface area contributed by atoms with E-state index < -0.39 is 11.8 Å². The lowest BCUT2D eigenvalue weighted by molar-refractivity contribution is 0.0845. The molecule has 0 saturated heterocycles. The smallest absolute Gasteiger partial charge is 0.273 e. The molecular formula is C17H18N2O4. The van der Waals surface area contributed by atoms with Gasteiger partial charge in [0.05, 0.1) is 19.8 Å². The summed E-state index contributed by atoms with van der Waals surface area (Å²) in [5.74, 6) is 0.0457. The number of ether oxygens (including phenoxy) is 2. The zero-order valence-electron chi connectivity index (χ0n) is 13.2. The Morgan fingerprint density at radius 1 is 0.870 bits per heavy atom. The van der Waals surface area contributed by atoms with E-state index >= 15 is 0 Å². The van der Waals surface area contributed by atoms with E-state index in [1.807, 2.05) is 19.1 Å². The highest BCUT2D eigenvalue weighted by Gasteiger charge is 2.14. The second-order valence-corrected chi connectivity index (χ2v) is 4.84. The molecule has 0 heterocycles. The second kappa shape index (κ2) is 7.31. The van der Waals surface area contributed by atoms with Crippen molar-refractivity contribution in [3.63, 3.8) is 0 Å². The number of methoxy groups -OCH3 is 2. The van der Waals surface area contributed by atoms with Crippen LogP contribution in [0.3, 0.4) is 0 Å². The highest BCUT2D eigenvalue weighted by Crippen LogP contribution is 2.24. The molecule has 0 aliphatic carbocycles. The number of nitrogens with one attached hydrogen (secondary N) is 2. The van der Waals surface area contributed by atoms with Gasteiger partial charge in [-0.2, -0.15) is 0 Å². The molecular weight excluding hydrogens is 296 g/mol. The monoisotopic (exact) mass is 314 g/mol. The molecule has 0 atom stereocenters. The average Bonchev–Trinajstić information content (AvgIpc) is 2.59. The Labute approximate surface area is 134 Å². The number of rotatable bonds is 4. The van der Waals surface area contributed by atoms with Crippen molar-refractivity contribution < 1.29 is 19.1 Å². The molecule has 0 saturated carbocycles. The predicted octanol–water partition coefficient (Wildman–Crippen LogP) is 2.09. The van der Waals surface area contributed by atoms with Crippen molar-refractivity contribution in [1.82, 2.24) is 10.9 Å². The Morgan fingerprint density at radius 2 is 1.52 bits per heavy atom. The molecule has 0 spiro atoms. The summed E-state index contributed by atoms with van der Waals surface area (Å²) in [5.41, 5.74) is 6.53. The second-order valence-electron chi connectivity index (χ2n) is 4.84. The maximum atomic E-state index is 12.2. The topological polar surface area (TPSA) is 76.7 Å². The lowest BCUT2D eigenvalue weighted by atomic mass is 10.1. The molecule has 0 aromatic heterocycles. The van der Waals surface area contributed by atoms with Crippen LogP contribution in [0, 0.1) is 6.92 Å². The van der Waals surface area contributed by atoms with Gasteiger partial charge in [0.15, 0.2) is 0 Å². The molecule has 6 heteroatoms. The van der Waals surface area contributed by atoms with E-state index in [4.69, 9.17) is 9.47 Å². The highest BCUT2D eigenvalue weighted by atomic mass is 16.5. The molecule has 0 radical (unpaired) electrons. The van der Waals surface area contributed by atoms with Crippen LogP contribution in [0.2, 0.25) is 0 Å². The van der Waals surface area contributed by atoms with E-state index in [2.05, 4.69) is 10.9 Å². The Balaban J connectivity index is 2.04. The van der Waals surface area contributed by atoms with Crippen LogP contribution in [-0.4, -0.2) is 26.0 Å². The summed E-state index contributed by atoms with van der Waals surface area (Å²) >= 11 is 0. The van der Waals surface area contributed by atoms with Crippen LogP contribution in [0.15, 0.2) is 42.5 Å². The van der Waals surface area contributed by atoms with Crippen LogP contribution < -0.4 is 20.3 Å². The Hall–Kier alpha value is -3.02. The molecule has 2 amide bonds. The maximum Gasteiger partial charge on any atom is 0.273 e. The van der Waals surface area contributed by atoms with Gasteiger partial charge in [-0.3, -0.25) is 20.4 Å². The van der Waals surface area contributed by atoms with Crippen LogP contribution in [0.4, 0.5) is 0 Å². The highest BCUT2D eigenvalue weighted by molar-refractivity contribution is 6.00. The van der Waals surface area contributed by atoms with Gasteiger partial charge in [-0.15, -0.1) is 0 Å². The number of benzene rings is 2. The van der Waals surface area contributed by atoms with Gasteiger partial charge in [-0.25, -0.2) is 0 Å². The van der Waals surface area contributed by atoms with Gasteiger partial charge < -0.3 is 9.47 Å². The number of aryl methyl sites for hydroxylation is 1. The summed E-state index contributed by atoms with van der Waals surface area (Å²) in [6.45, 7) is 1.93. The molecule has 2 aromatic rings. The van der Waals surface area contributed by atoms with E-state index in [0.717, 1.165) is 5.56 Å². The number of hydrogen-bond acceptors (Lipinski definition) is 4. The number of carbonyl (C=O) groups is 2. The largest absolute Gasteiger partial charge is 0.497 e. The molecule has 2 aromatic carbocycles. The SMILES string of the molecule is COc1ccc(C(=O)NNC(=O)c2ccc(C)cc2)c(OC)c1. The van der Waals surface area contributed by atoms with Gasteiger partial charge in [0.25, 0.3) is 11.8 Å². The van der Waals surface area contributed by atoms with E-state index in [0.29, 0.717) is 17.1 Å². The van der Waals surface area contributed by atoms with E-state index in [1.54, 1.807) is 30.3 Å². The molecule has 23 heavy (non-hydrogen) atoms. The van der Waals surface area contributed by atoms with Crippen LogP contribution in [0.25, 0.3) is 0 Å². The first kappa shape index (κ1) is 16.4. The van der Waals surface area contributed by atoms with Crippen molar-refractivity contribution in [2.45, 2.75) is 6.92 Å². The zero-order valence-corrected chi connectivity index (χ0v) is 13.2. The summed E-state index contributed by atoms with van der Waals surface area (Å²) in [5, 5.41) is 0. The molecule has 2 rings (SSSR count). The Morgan fingerprint density at radius 3 is 2.13 bits per heavy atom. The lowest BCUT2D eigenvalue weighted by Crippen LogP contribution is -2.41. The van der Waals surface area contributed by atoms with E-state index in [1.165, 1.54) is 14.2 Å². The molecule has 0 unspecified atom stereocenters. The molecule has 120 valence electrons. The van der Waals surface area contributed by atoms with Crippen molar-refractivity contribution in [1.29, 1.82) is 0 Å². The van der Waals surface area contributed by atoms with Gasteiger partial charge >= 0.3 is 0 Å². The first-order chi connectivity index (χ1) is 11.0. The number of amides is 2. The first-order valence-corrected chi connectivity index (χ1v) is 6.94. The van der Waals surface area contributed by atoms with Crippen LogP contribution >= 0.6 is 0 Å². The number of carbonyl (C=O) groups excluding carboxylic acids is 2. The van der Waals surface area contributed by atoms with Crippen molar-refractivity contribution in [3.05, 3.63) is 59.2 Å². The standard InChI is InChI=1S/C17H18N2O4/c1-11-4-6-12(7-5-11)16(20)18-19-17(21)14-9-8-13(22-2)10-15(14)23-3/h4-10H,1-3H3,(H,18,20)(H,19,21). The lowest BCUT2D eigenvalue weighted by Gasteiger charge is -2.11. The van der Waals surface area contributed by atoms with Gasteiger partial charge in [-0.05, 0) is 31.2 Å². The van der Waals surface area contributed by atoms with Crippen molar-refractivity contribution in [3.8, 4) is 11.5 Å². The minimum atomic E-state index is -0.482. The molecule has 0 aliphatic heterocycles. The van der Waals surface area contributed by atoms with Crippen LogP contribution in [0.5, 0.6) is 11.5 Å². The summed E-state index contributed by atoms with van der Waals surface area (Å²) in [4.78, 5) is 24.1. The van der Waals surface area contributed by atoms with Crippen molar-refractivity contribution >= 4 is 11.8 Å². The third-order valence-corrected chi connectivity index (χ3v) is 3.26. The van der Waals surface area contributed by atoms with Gasteiger partial charge in [0.2, 0.25) is 0 Å². The van der Waals surface area contributed by atoms with E-state index in [9.17, 15) is 9.59 Å². The fraction of sp³-hybridized carbons (Fsp3) is 0.176. The predicted molar refractivity (Wildman–Crippen MR) is 85.7 cm³/mol. The minimum Gasteiger partial charge on any atom is -0.497 e. The number of hydrazine groups is 1. The maximum absolute atomic E-state index is 12.2. The fourth-order valence-corrected chi connectivity index (χ4v) is 1.94. The molecule has 0 fully saturated rings. The zero-order chi connectivity index (χ0) is 16.8.